The lowest BCUT2D eigenvalue weighted by atomic mass is 10.3. The molecule has 1 fully saturated rings. The van der Waals surface area contributed by atoms with Gasteiger partial charge in [0.05, 0.1) is 6.10 Å². The first-order valence-corrected chi connectivity index (χ1v) is 7.50. The molecule has 16 heavy (non-hydrogen) atoms. The zero-order valence-corrected chi connectivity index (χ0v) is 11.1. The predicted octanol–water partition coefficient (Wildman–Crippen LogP) is 2.63. The Balaban J connectivity index is 1.73. The van der Waals surface area contributed by atoms with Crippen molar-refractivity contribution in [1.29, 1.82) is 0 Å². The highest BCUT2D eigenvalue weighted by molar-refractivity contribution is 8.01. The van der Waals surface area contributed by atoms with Crippen LogP contribution in [0.2, 0.25) is 0 Å². The monoisotopic (exact) mass is 259 g/mol. The van der Waals surface area contributed by atoms with Crippen molar-refractivity contribution < 1.29 is 4.74 Å². The zero-order valence-electron chi connectivity index (χ0n) is 9.44. The van der Waals surface area contributed by atoms with E-state index in [1.807, 2.05) is 0 Å². The number of nitrogens with one attached hydrogen (secondary N) is 1. The number of hydrogen-bond acceptors (Lipinski definition) is 6. The highest BCUT2D eigenvalue weighted by Crippen LogP contribution is 2.28. The van der Waals surface area contributed by atoms with Crippen LogP contribution in [0.5, 0.6) is 0 Å². The fourth-order valence-electron chi connectivity index (χ4n) is 1.51. The minimum absolute atomic E-state index is 0.418. The summed E-state index contributed by atoms with van der Waals surface area (Å²) in [5, 5.41) is 12.4. The summed E-state index contributed by atoms with van der Waals surface area (Å²) in [7, 11) is 0. The normalized spacial score (nSPS) is 20.2. The SMILES string of the molecule is CCCNc1nnc(SCC2CCCO2)s1. The van der Waals surface area contributed by atoms with Crippen molar-refractivity contribution in [2.45, 2.75) is 36.6 Å². The van der Waals surface area contributed by atoms with Crippen molar-refractivity contribution >= 4 is 28.2 Å². The number of ether oxygens (including phenoxy) is 1. The topological polar surface area (TPSA) is 47.0 Å². The molecular formula is C10H17N3OS2. The van der Waals surface area contributed by atoms with Crippen molar-refractivity contribution in [2.24, 2.45) is 0 Å². The molecule has 1 aliphatic rings. The standard InChI is InChI=1S/C10H17N3OS2/c1-2-5-11-9-12-13-10(16-9)15-7-8-4-3-6-14-8/h8H,2-7H2,1H3,(H,11,12). The summed E-state index contributed by atoms with van der Waals surface area (Å²) in [6.45, 7) is 4.02. The van der Waals surface area contributed by atoms with Crippen LogP contribution in [0.3, 0.4) is 0 Å². The molecule has 4 nitrogen and oxygen atoms in total. The van der Waals surface area contributed by atoms with Crippen molar-refractivity contribution in [3.63, 3.8) is 0 Å². The summed E-state index contributed by atoms with van der Waals surface area (Å²) in [6, 6.07) is 0. The van der Waals surface area contributed by atoms with Gasteiger partial charge in [0, 0.05) is 18.9 Å². The van der Waals surface area contributed by atoms with E-state index in [1.54, 1.807) is 23.1 Å². The van der Waals surface area contributed by atoms with Gasteiger partial charge < -0.3 is 10.1 Å². The van der Waals surface area contributed by atoms with E-state index in [4.69, 9.17) is 4.74 Å². The molecule has 0 radical (unpaired) electrons. The highest BCUT2D eigenvalue weighted by atomic mass is 32.2. The first-order chi connectivity index (χ1) is 7.88. The molecule has 1 saturated heterocycles. The molecule has 6 heteroatoms. The van der Waals surface area contributed by atoms with Gasteiger partial charge >= 0.3 is 0 Å². The first kappa shape index (κ1) is 12.1. The van der Waals surface area contributed by atoms with Gasteiger partial charge in [0.25, 0.3) is 0 Å². The summed E-state index contributed by atoms with van der Waals surface area (Å²) in [5.74, 6) is 1.00. The van der Waals surface area contributed by atoms with Crippen LogP contribution in [-0.4, -0.2) is 35.2 Å². The lowest BCUT2D eigenvalue weighted by molar-refractivity contribution is 0.129. The van der Waals surface area contributed by atoms with Gasteiger partial charge in [0.15, 0.2) is 4.34 Å². The van der Waals surface area contributed by atoms with Crippen LogP contribution >= 0.6 is 23.1 Å². The molecule has 1 N–H and O–H groups in total. The van der Waals surface area contributed by atoms with Crippen molar-refractivity contribution in [2.75, 3.05) is 24.2 Å². The van der Waals surface area contributed by atoms with Gasteiger partial charge in [-0.3, -0.25) is 0 Å². The smallest absolute Gasteiger partial charge is 0.206 e. The Morgan fingerprint density at radius 2 is 2.50 bits per heavy atom. The van der Waals surface area contributed by atoms with Gasteiger partial charge in [-0.2, -0.15) is 0 Å². The van der Waals surface area contributed by atoms with E-state index >= 15 is 0 Å². The third-order valence-electron chi connectivity index (χ3n) is 2.35. The Hall–Kier alpha value is -0.330. The zero-order chi connectivity index (χ0) is 11.2. The molecule has 0 saturated carbocycles. The number of anilines is 1. The van der Waals surface area contributed by atoms with E-state index in [0.29, 0.717) is 6.10 Å². The third kappa shape index (κ3) is 3.61. The Labute approximate surface area is 104 Å². The van der Waals surface area contributed by atoms with E-state index in [-0.39, 0.29) is 0 Å². The maximum absolute atomic E-state index is 5.57. The quantitative estimate of drug-likeness (QED) is 0.796. The maximum Gasteiger partial charge on any atom is 0.206 e. The second-order valence-electron chi connectivity index (χ2n) is 3.75. The molecule has 2 rings (SSSR count). The summed E-state index contributed by atoms with van der Waals surface area (Å²) < 4.78 is 6.60. The fourth-order valence-corrected chi connectivity index (χ4v) is 3.38. The minimum atomic E-state index is 0.418. The van der Waals surface area contributed by atoms with Crippen molar-refractivity contribution in [1.82, 2.24) is 10.2 Å². The van der Waals surface area contributed by atoms with Gasteiger partial charge in [-0.05, 0) is 19.3 Å². The second-order valence-corrected chi connectivity index (χ2v) is 5.99. The first-order valence-electron chi connectivity index (χ1n) is 5.70. The Morgan fingerprint density at radius 1 is 1.56 bits per heavy atom. The maximum atomic E-state index is 5.57. The molecule has 0 spiro atoms. The molecule has 1 atom stereocenters. The molecule has 0 amide bonds. The van der Waals surface area contributed by atoms with E-state index in [0.717, 1.165) is 34.8 Å². The summed E-state index contributed by atoms with van der Waals surface area (Å²) in [6.07, 6.45) is 3.91. The molecule has 0 aromatic carbocycles. The fraction of sp³-hybridized carbons (Fsp3) is 0.800. The van der Waals surface area contributed by atoms with E-state index in [9.17, 15) is 0 Å². The van der Waals surface area contributed by atoms with Gasteiger partial charge in [0.2, 0.25) is 5.13 Å². The average Bonchev–Trinajstić information content (AvgIpc) is 2.95. The largest absolute Gasteiger partial charge is 0.377 e. The van der Waals surface area contributed by atoms with E-state index in [1.165, 1.54) is 12.8 Å². The van der Waals surface area contributed by atoms with E-state index < -0.39 is 0 Å². The van der Waals surface area contributed by atoms with Crippen LogP contribution in [-0.2, 0) is 4.74 Å². The van der Waals surface area contributed by atoms with E-state index in [2.05, 4.69) is 22.4 Å². The number of aromatic nitrogens is 2. The summed E-state index contributed by atoms with van der Waals surface area (Å²) in [4.78, 5) is 0. The van der Waals surface area contributed by atoms with Crippen LogP contribution in [0.4, 0.5) is 5.13 Å². The summed E-state index contributed by atoms with van der Waals surface area (Å²) >= 11 is 3.38. The molecule has 1 aliphatic heterocycles. The van der Waals surface area contributed by atoms with Gasteiger partial charge in [0.1, 0.15) is 0 Å². The second kappa shape index (κ2) is 6.42. The summed E-state index contributed by atoms with van der Waals surface area (Å²) in [5.41, 5.74) is 0. The molecule has 2 heterocycles. The minimum Gasteiger partial charge on any atom is -0.377 e. The van der Waals surface area contributed by atoms with Crippen LogP contribution in [0.25, 0.3) is 0 Å². The lowest BCUT2D eigenvalue weighted by Crippen LogP contribution is -2.07. The number of hydrogen-bond donors (Lipinski definition) is 1. The van der Waals surface area contributed by atoms with Gasteiger partial charge in [-0.15, -0.1) is 10.2 Å². The number of nitrogens with zero attached hydrogens (tertiary/aromatic N) is 2. The molecule has 90 valence electrons. The van der Waals surface area contributed by atoms with Crippen LogP contribution in [0.15, 0.2) is 4.34 Å². The van der Waals surface area contributed by atoms with Crippen molar-refractivity contribution in [3.05, 3.63) is 0 Å². The lowest BCUT2D eigenvalue weighted by Gasteiger charge is -2.05. The molecule has 0 aliphatic carbocycles. The van der Waals surface area contributed by atoms with Gasteiger partial charge in [-0.1, -0.05) is 30.0 Å². The molecule has 0 bridgehead atoms. The Morgan fingerprint density at radius 3 is 3.25 bits per heavy atom. The van der Waals surface area contributed by atoms with Gasteiger partial charge in [-0.25, -0.2) is 0 Å². The van der Waals surface area contributed by atoms with Crippen molar-refractivity contribution in [3.8, 4) is 0 Å². The number of thioether (sulfide) groups is 1. The van der Waals surface area contributed by atoms with Crippen LogP contribution < -0.4 is 5.32 Å². The van der Waals surface area contributed by atoms with Crippen LogP contribution in [0.1, 0.15) is 26.2 Å². The third-order valence-corrected chi connectivity index (χ3v) is 4.50. The molecule has 1 unspecified atom stereocenters. The Bertz CT molecular complexity index is 313. The number of rotatable bonds is 6. The predicted molar refractivity (Wildman–Crippen MR) is 68.4 cm³/mol. The molecule has 1 aromatic heterocycles. The average molecular weight is 259 g/mol. The molecular weight excluding hydrogens is 242 g/mol. The molecule has 1 aromatic rings. The Kier molecular flexibility index (Phi) is 4.87. The van der Waals surface area contributed by atoms with Crippen LogP contribution in [0, 0.1) is 0 Å². The highest BCUT2D eigenvalue weighted by Gasteiger charge is 2.16.